The van der Waals surface area contributed by atoms with Crippen LogP contribution in [0.4, 0.5) is 0 Å². The minimum Gasteiger partial charge on any atom is -0.496 e. The molecular formula is C22H26O5. The van der Waals surface area contributed by atoms with Crippen LogP contribution in [0.15, 0.2) is 36.4 Å². The lowest BCUT2D eigenvalue weighted by atomic mass is 9.90. The molecular weight excluding hydrogens is 344 g/mol. The highest BCUT2D eigenvalue weighted by atomic mass is 16.7. The maximum atomic E-state index is 10.9. The molecule has 1 heterocycles. The third-order valence-electron chi connectivity index (χ3n) is 4.79. The Morgan fingerprint density at radius 3 is 2.37 bits per heavy atom. The van der Waals surface area contributed by atoms with Crippen LogP contribution >= 0.6 is 0 Å². The number of methoxy groups -OCH3 is 2. The van der Waals surface area contributed by atoms with Gasteiger partial charge in [-0.1, -0.05) is 25.1 Å². The molecule has 0 spiro atoms. The zero-order chi connectivity index (χ0) is 19.4. The Morgan fingerprint density at radius 1 is 1.07 bits per heavy atom. The van der Waals surface area contributed by atoms with E-state index in [1.807, 2.05) is 56.3 Å². The van der Waals surface area contributed by atoms with Crippen LogP contribution in [0.5, 0.6) is 23.0 Å². The first-order valence-electron chi connectivity index (χ1n) is 9.02. The van der Waals surface area contributed by atoms with Crippen LogP contribution in [-0.4, -0.2) is 26.1 Å². The van der Waals surface area contributed by atoms with E-state index >= 15 is 0 Å². The van der Waals surface area contributed by atoms with Crippen LogP contribution in [0.2, 0.25) is 0 Å². The third-order valence-corrected chi connectivity index (χ3v) is 4.79. The highest BCUT2D eigenvalue weighted by Crippen LogP contribution is 2.38. The van der Waals surface area contributed by atoms with Crippen LogP contribution in [0, 0.1) is 5.92 Å². The zero-order valence-electron chi connectivity index (χ0n) is 16.2. The second-order valence-corrected chi connectivity index (χ2v) is 6.64. The summed E-state index contributed by atoms with van der Waals surface area (Å²) in [5.41, 5.74) is 2.76. The Kier molecular flexibility index (Phi) is 5.91. The quantitative estimate of drug-likeness (QED) is 0.784. The molecule has 5 heteroatoms. The Bertz CT molecular complexity index is 802. The fraction of sp³-hybridized carbons (Fsp3) is 0.364. The van der Waals surface area contributed by atoms with Gasteiger partial charge >= 0.3 is 0 Å². The van der Waals surface area contributed by atoms with Crippen LogP contribution in [0.1, 0.15) is 36.6 Å². The molecule has 1 N–H and O–H groups in total. The molecule has 0 aromatic heterocycles. The van der Waals surface area contributed by atoms with Gasteiger partial charge in [0.2, 0.25) is 6.79 Å². The molecule has 0 saturated carbocycles. The summed E-state index contributed by atoms with van der Waals surface area (Å²) in [6.07, 6.45) is 3.93. The lowest BCUT2D eigenvalue weighted by Gasteiger charge is -2.22. The van der Waals surface area contributed by atoms with Crippen LogP contribution < -0.4 is 18.9 Å². The van der Waals surface area contributed by atoms with Crippen molar-refractivity contribution in [3.8, 4) is 23.0 Å². The van der Waals surface area contributed by atoms with Crippen molar-refractivity contribution in [2.24, 2.45) is 5.92 Å². The van der Waals surface area contributed by atoms with Crippen LogP contribution in [-0.2, 0) is 6.42 Å². The molecule has 0 unspecified atom stereocenters. The standard InChI is InChI=1S/C22H26O5/c1-5-6-15-10-19(24-3)17(20(11-15)25-4)9-14(2)22(23)16-7-8-18-21(12-16)27-13-26-18/h5-8,10-12,14,22-23H,9,13H2,1-4H3/b6-5+/t14-,22+/m0/s1. The fourth-order valence-corrected chi connectivity index (χ4v) is 3.35. The van der Waals surface area contributed by atoms with Crippen molar-refractivity contribution in [2.75, 3.05) is 21.0 Å². The first-order chi connectivity index (χ1) is 13.1. The summed E-state index contributed by atoms with van der Waals surface area (Å²) in [5.74, 6) is 2.84. The number of hydrogen-bond acceptors (Lipinski definition) is 5. The number of aliphatic hydroxyl groups excluding tert-OH is 1. The summed E-state index contributed by atoms with van der Waals surface area (Å²) in [4.78, 5) is 0. The number of allylic oxidation sites excluding steroid dienone is 1. The molecule has 0 fully saturated rings. The molecule has 1 aliphatic rings. The number of benzene rings is 2. The average molecular weight is 370 g/mol. The lowest BCUT2D eigenvalue weighted by molar-refractivity contribution is 0.116. The van der Waals surface area contributed by atoms with E-state index in [9.17, 15) is 5.11 Å². The van der Waals surface area contributed by atoms with Gasteiger partial charge in [0.25, 0.3) is 0 Å². The van der Waals surface area contributed by atoms with E-state index in [2.05, 4.69) is 0 Å². The SMILES string of the molecule is C/C=C/c1cc(OC)c(C[C@H](C)[C@@H](O)c2ccc3c(c2)OCO3)c(OC)c1. The Morgan fingerprint density at radius 2 is 1.74 bits per heavy atom. The van der Waals surface area contributed by atoms with Crippen molar-refractivity contribution in [1.29, 1.82) is 0 Å². The number of aliphatic hydroxyl groups is 1. The molecule has 0 aliphatic carbocycles. The molecule has 1 aliphatic heterocycles. The maximum absolute atomic E-state index is 10.9. The van der Waals surface area contributed by atoms with Gasteiger partial charge in [0.1, 0.15) is 11.5 Å². The van der Waals surface area contributed by atoms with Gasteiger partial charge in [-0.15, -0.1) is 0 Å². The predicted octanol–water partition coefficient (Wildman–Crippen LogP) is 4.38. The summed E-state index contributed by atoms with van der Waals surface area (Å²) >= 11 is 0. The van der Waals surface area contributed by atoms with E-state index in [0.29, 0.717) is 17.9 Å². The smallest absolute Gasteiger partial charge is 0.231 e. The van der Waals surface area contributed by atoms with E-state index in [4.69, 9.17) is 18.9 Å². The van der Waals surface area contributed by atoms with E-state index < -0.39 is 6.10 Å². The monoisotopic (exact) mass is 370 g/mol. The van der Waals surface area contributed by atoms with Crippen LogP contribution in [0.3, 0.4) is 0 Å². The molecule has 0 saturated heterocycles. The maximum Gasteiger partial charge on any atom is 0.231 e. The Labute approximate surface area is 160 Å². The van der Waals surface area contributed by atoms with Gasteiger partial charge in [-0.25, -0.2) is 0 Å². The summed E-state index contributed by atoms with van der Waals surface area (Å²) in [7, 11) is 3.30. The van der Waals surface area contributed by atoms with E-state index in [1.165, 1.54) is 0 Å². The van der Waals surface area contributed by atoms with Crippen molar-refractivity contribution in [3.05, 3.63) is 53.1 Å². The highest BCUT2D eigenvalue weighted by molar-refractivity contribution is 5.59. The van der Waals surface area contributed by atoms with Gasteiger partial charge in [0.15, 0.2) is 11.5 Å². The second kappa shape index (κ2) is 8.35. The lowest BCUT2D eigenvalue weighted by Crippen LogP contribution is -2.13. The van der Waals surface area contributed by atoms with Crippen molar-refractivity contribution >= 4 is 6.08 Å². The van der Waals surface area contributed by atoms with Crippen LogP contribution in [0.25, 0.3) is 6.08 Å². The summed E-state index contributed by atoms with van der Waals surface area (Å²) in [5, 5.41) is 10.9. The van der Waals surface area contributed by atoms with Crippen molar-refractivity contribution in [3.63, 3.8) is 0 Å². The van der Waals surface area contributed by atoms with Gasteiger partial charge < -0.3 is 24.1 Å². The van der Waals surface area contributed by atoms with E-state index in [0.717, 1.165) is 28.2 Å². The van der Waals surface area contributed by atoms with Crippen molar-refractivity contribution in [2.45, 2.75) is 26.4 Å². The molecule has 2 atom stereocenters. The predicted molar refractivity (Wildman–Crippen MR) is 105 cm³/mol. The highest BCUT2D eigenvalue weighted by Gasteiger charge is 2.23. The van der Waals surface area contributed by atoms with E-state index in [-0.39, 0.29) is 12.7 Å². The molecule has 0 bridgehead atoms. The minimum absolute atomic E-state index is 0.0549. The zero-order valence-corrected chi connectivity index (χ0v) is 16.2. The van der Waals surface area contributed by atoms with Gasteiger partial charge in [0, 0.05) is 5.56 Å². The van der Waals surface area contributed by atoms with Crippen molar-refractivity contribution < 1.29 is 24.1 Å². The molecule has 3 rings (SSSR count). The fourth-order valence-electron chi connectivity index (χ4n) is 3.35. The average Bonchev–Trinajstić information content (AvgIpc) is 3.16. The van der Waals surface area contributed by atoms with Gasteiger partial charge in [-0.2, -0.15) is 0 Å². The third kappa shape index (κ3) is 4.03. The summed E-state index contributed by atoms with van der Waals surface area (Å²) in [6.45, 7) is 4.20. The number of fused-ring (bicyclic) bond motifs is 1. The second-order valence-electron chi connectivity index (χ2n) is 6.64. The molecule has 0 radical (unpaired) electrons. The van der Waals surface area contributed by atoms with Gasteiger partial charge in [-0.3, -0.25) is 0 Å². The molecule has 0 amide bonds. The molecule has 2 aromatic carbocycles. The Hall–Kier alpha value is -2.66. The number of hydrogen-bond donors (Lipinski definition) is 1. The number of ether oxygens (including phenoxy) is 4. The minimum atomic E-state index is -0.649. The van der Waals surface area contributed by atoms with Gasteiger partial charge in [-0.05, 0) is 54.7 Å². The first kappa shape index (κ1) is 19.1. The molecule has 5 nitrogen and oxygen atoms in total. The summed E-state index contributed by atoms with van der Waals surface area (Å²) in [6, 6.07) is 9.51. The largest absolute Gasteiger partial charge is 0.496 e. The number of rotatable bonds is 7. The summed E-state index contributed by atoms with van der Waals surface area (Å²) < 4.78 is 21.9. The van der Waals surface area contributed by atoms with E-state index in [1.54, 1.807) is 14.2 Å². The molecule has 144 valence electrons. The normalized spacial score (nSPS) is 15.0. The van der Waals surface area contributed by atoms with Crippen molar-refractivity contribution in [1.82, 2.24) is 0 Å². The Balaban J connectivity index is 1.85. The van der Waals surface area contributed by atoms with Gasteiger partial charge in [0.05, 0.1) is 20.3 Å². The topological polar surface area (TPSA) is 57.2 Å². The first-order valence-corrected chi connectivity index (χ1v) is 9.02. The molecule has 27 heavy (non-hydrogen) atoms. The molecule has 2 aromatic rings.